The molecule has 1 atom stereocenters. The molecule has 2 amide bonds. The number of halogens is 3. The number of alkyl halides is 3. The summed E-state index contributed by atoms with van der Waals surface area (Å²) in [6.07, 6.45) is -4.56. The number of sulfonamides is 1. The predicted molar refractivity (Wildman–Crippen MR) is 163 cm³/mol. The van der Waals surface area contributed by atoms with E-state index in [0.717, 1.165) is 17.7 Å². The van der Waals surface area contributed by atoms with Gasteiger partial charge < -0.3 is 15.0 Å². The molecule has 0 radical (unpaired) electrons. The van der Waals surface area contributed by atoms with Gasteiger partial charge in [-0.25, -0.2) is 8.42 Å². The Bertz CT molecular complexity index is 1550. The van der Waals surface area contributed by atoms with Crippen LogP contribution in [0, 0.1) is 6.92 Å². The molecule has 238 valence electrons. The van der Waals surface area contributed by atoms with E-state index in [0.29, 0.717) is 21.7 Å². The number of nitrogens with one attached hydrogen (secondary N) is 1. The zero-order chi connectivity index (χ0) is 32.9. The molecule has 0 heterocycles. The summed E-state index contributed by atoms with van der Waals surface area (Å²) in [4.78, 5) is 28.6. The van der Waals surface area contributed by atoms with Crippen LogP contribution >= 0.6 is 0 Å². The van der Waals surface area contributed by atoms with E-state index in [9.17, 15) is 31.2 Å². The van der Waals surface area contributed by atoms with Gasteiger partial charge in [0.2, 0.25) is 11.8 Å². The largest absolute Gasteiger partial charge is 0.497 e. The third kappa shape index (κ3) is 8.75. The molecular formula is C32H38F3N3O5S. The number of aryl methyl sites for hydroxylation is 1. The van der Waals surface area contributed by atoms with Gasteiger partial charge in [0.1, 0.15) is 18.3 Å². The third-order valence-electron chi connectivity index (χ3n) is 6.75. The maximum absolute atomic E-state index is 14.1. The quantitative estimate of drug-likeness (QED) is 0.282. The van der Waals surface area contributed by atoms with Crippen LogP contribution in [0.5, 0.6) is 5.75 Å². The van der Waals surface area contributed by atoms with E-state index in [1.807, 2.05) is 0 Å². The van der Waals surface area contributed by atoms with E-state index < -0.39 is 51.7 Å². The van der Waals surface area contributed by atoms with E-state index in [2.05, 4.69) is 5.32 Å². The van der Waals surface area contributed by atoms with Crippen molar-refractivity contribution in [1.29, 1.82) is 0 Å². The Morgan fingerprint density at radius 2 is 1.57 bits per heavy atom. The van der Waals surface area contributed by atoms with Crippen LogP contribution in [0.4, 0.5) is 18.9 Å². The third-order valence-corrected chi connectivity index (χ3v) is 8.53. The van der Waals surface area contributed by atoms with E-state index in [1.54, 1.807) is 71.0 Å². The van der Waals surface area contributed by atoms with Crippen molar-refractivity contribution in [2.45, 2.75) is 70.2 Å². The Hall–Kier alpha value is -4.06. The van der Waals surface area contributed by atoms with Crippen LogP contribution in [0.3, 0.4) is 0 Å². The van der Waals surface area contributed by atoms with Crippen LogP contribution in [0.2, 0.25) is 0 Å². The van der Waals surface area contributed by atoms with Gasteiger partial charge in [0, 0.05) is 12.1 Å². The van der Waals surface area contributed by atoms with Crippen molar-refractivity contribution in [1.82, 2.24) is 10.2 Å². The number of carbonyl (C=O) groups is 2. The first kappa shape index (κ1) is 34.4. The van der Waals surface area contributed by atoms with Crippen LogP contribution in [0.25, 0.3) is 0 Å². The average Bonchev–Trinajstić information content (AvgIpc) is 2.94. The van der Waals surface area contributed by atoms with Crippen LogP contribution in [-0.4, -0.2) is 50.4 Å². The van der Waals surface area contributed by atoms with Crippen LogP contribution in [0.15, 0.2) is 77.7 Å². The highest BCUT2D eigenvalue weighted by atomic mass is 32.2. The first-order chi connectivity index (χ1) is 20.5. The van der Waals surface area contributed by atoms with Crippen molar-refractivity contribution >= 4 is 27.5 Å². The predicted octanol–water partition coefficient (Wildman–Crippen LogP) is 5.94. The molecule has 3 rings (SSSR count). The number of methoxy groups -OCH3 is 1. The van der Waals surface area contributed by atoms with Gasteiger partial charge in [-0.2, -0.15) is 13.2 Å². The monoisotopic (exact) mass is 633 g/mol. The zero-order valence-corrected chi connectivity index (χ0v) is 26.4. The molecule has 3 aromatic rings. The standard InChI is InChI=1S/C32H38F3N3O5S/c1-7-28(30(40)36-31(3,4)5)37(20-23-13-15-26(43-6)16-14-23)29(39)21-38(25-10-8-9-24(19-25)32(33,34)35)44(41,42)27-17-11-22(2)12-18-27/h8-19,28H,7,20-21H2,1-6H3,(H,36,40). The van der Waals surface area contributed by atoms with E-state index in [-0.39, 0.29) is 23.5 Å². The Morgan fingerprint density at radius 1 is 0.955 bits per heavy atom. The molecule has 0 bridgehead atoms. The van der Waals surface area contributed by atoms with Gasteiger partial charge in [0.25, 0.3) is 10.0 Å². The van der Waals surface area contributed by atoms with Crippen molar-refractivity contribution < 1.29 is 35.9 Å². The van der Waals surface area contributed by atoms with Crippen LogP contribution in [-0.2, 0) is 32.3 Å². The average molecular weight is 634 g/mol. The second-order valence-electron chi connectivity index (χ2n) is 11.4. The summed E-state index contributed by atoms with van der Waals surface area (Å²) in [6, 6.07) is 15.3. The number of amides is 2. The SMILES string of the molecule is CCC(C(=O)NC(C)(C)C)N(Cc1ccc(OC)cc1)C(=O)CN(c1cccc(C(F)(F)F)c1)S(=O)(=O)c1ccc(C)cc1. The first-order valence-electron chi connectivity index (χ1n) is 14.0. The summed E-state index contributed by atoms with van der Waals surface area (Å²) in [7, 11) is -3.02. The molecule has 12 heteroatoms. The van der Waals surface area contributed by atoms with Gasteiger partial charge in [0.15, 0.2) is 0 Å². The molecule has 1 unspecified atom stereocenters. The first-order valence-corrected chi connectivity index (χ1v) is 15.4. The van der Waals surface area contributed by atoms with Crippen molar-refractivity contribution in [2.75, 3.05) is 18.0 Å². The molecule has 0 saturated heterocycles. The molecule has 8 nitrogen and oxygen atoms in total. The Labute approximate surface area is 256 Å². The number of carbonyl (C=O) groups excluding carboxylic acids is 2. The molecule has 44 heavy (non-hydrogen) atoms. The fraction of sp³-hybridized carbons (Fsp3) is 0.375. The highest BCUT2D eigenvalue weighted by Crippen LogP contribution is 2.33. The minimum Gasteiger partial charge on any atom is -0.497 e. The Kier molecular flexibility index (Phi) is 10.7. The van der Waals surface area contributed by atoms with Crippen LogP contribution in [0.1, 0.15) is 50.8 Å². The molecule has 3 aromatic carbocycles. The van der Waals surface area contributed by atoms with Gasteiger partial charge in [-0.05, 0) is 82.1 Å². The minimum absolute atomic E-state index is 0.0695. The number of rotatable bonds is 11. The number of hydrogen-bond acceptors (Lipinski definition) is 5. The van der Waals surface area contributed by atoms with Gasteiger partial charge in [-0.15, -0.1) is 0 Å². The number of ether oxygens (including phenoxy) is 1. The minimum atomic E-state index is -4.75. The van der Waals surface area contributed by atoms with Crippen molar-refractivity contribution in [2.24, 2.45) is 0 Å². The lowest BCUT2D eigenvalue weighted by atomic mass is 10.1. The van der Waals surface area contributed by atoms with Gasteiger partial charge in [-0.1, -0.05) is 42.8 Å². The van der Waals surface area contributed by atoms with Crippen molar-refractivity contribution in [3.8, 4) is 5.75 Å². The summed E-state index contributed by atoms with van der Waals surface area (Å²) in [5.41, 5.74) is -0.638. The smallest absolute Gasteiger partial charge is 0.416 e. The molecule has 0 fully saturated rings. The number of hydrogen-bond donors (Lipinski definition) is 1. The van der Waals surface area contributed by atoms with E-state index in [1.165, 1.54) is 30.2 Å². The van der Waals surface area contributed by atoms with Crippen molar-refractivity contribution in [3.05, 3.63) is 89.5 Å². The van der Waals surface area contributed by atoms with E-state index >= 15 is 0 Å². The second kappa shape index (κ2) is 13.7. The number of nitrogens with zero attached hydrogens (tertiary/aromatic N) is 2. The van der Waals surface area contributed by atoms with E-state index in [4.69, 9.17) is 4.74 Å². The molecule has 0 aliphatic carbocycles. The fourth-order valence-corrected chi connectivity index (χ4v) is 5.91. The lowest BCUT2D eigenvalue weighted by molar-refractivity contribution is -0.141. The molecule has 0 spiro atoms. The molecule has 0 saturated carbocycles. The highest BCUT2D eigenvalue weighted by Gasteiger charge is 2.36. The molecule has 0 aliphatic heterocycles. The Morgan fingerprint density at radius 3 is 2.09 bits per heavy atom. The van der Waals surface area contributed by atoms with Crippen LogP contribution < -0.4 is 14.4 Å². The maximum Gasteiger partial charge on any atom is 0.416 e. The molecule has 0 aliphatic rings. The lowest BCUT2D eigenvalue weighted by Gasteiger charge is -2.35. The fourth-order valence-electron chi connectivity index (χ4n) is 4.50. The molecule has 0 aromatic heterocycles. The summed E-state index contributed by atoms with van der Waals surface area (Å²) in [5.74, 6) is -0.650. The second-order valence-corrected chi connectivity index (χ2v) is 13.3. The van der Waals surface area contributed by atoms with Gasteiger partial charge in [-0.3, -0.25) is 13.9 Å². The summed E-state index contributed by atoms with van der Waals surface area (Å²) >= 11 is 0. The normalized spacial score (nSPS) is 12.8. The van der Waals surface area contributed by atoms with Gasteiger partial charge >= 0.3 is 6.18 Å². The summed E-state index contributed by atoms with van der Waals surface area (Å²) in [5, 5.41) is 2.87. The molecular weight excluding hydrogens is 595 g/mol. The van der Waals surface area contributed by atoms with Crippen molar-refractivity contribution in [3.63, 3.8) is 0 Å². The highest BCUT2D eigenvalue weighted by molar-refractivity contribution is 7.92. The Balaban J connectivity index is 2.13. The zero-order valence-electron chi connectivity index (χ0n) is 25.6. The van der Waals surface area contributed by atoms with Gasteiger partial charge in [0.05, 0.1) is 23.3 Å². The lowest BCUT2D eigenvalue weighted by Crippen LogP contribution is -2.55. The topological polar surface area (TPSA) is 96.0 Å². The molecule has 1 N–H and O–H groups in total. The maximum atomic E-state index is 14.1. The summed E-state index contributed by atoms with van der Waals surface area (Å²) < 4.78 is 74.7. The number of benzene rings is 3. The number of anilines is 1. The summed E-state index contributed by atoms with van der Waals surface area (Å²) in [6.45, 7) is 7.92.